The van der Waals surface area contributed by atoms with Gasteiger partial charge in [-0.05, 0) is 35.9 Å². The molecule has 0 unspecified atom stereocenters. The van der Waals surface area contributed by atoms with E-state index in [9.17, 15) is 9.18 Å². The van der Waals surface area contributed by atoms with Crippen LogP contribution in [0.2, 0.25) is 5.02 Å². The number of aromatic nitrogens is 1. The summed E-state index contributed by atoms with van der Waals surface area (Å²) in [7, 11) is 0. The van der Waals surface area contributed by atoms with Gasteiger partial charge in [0.2, 0.25) is 0 Å². The topological polar surface area (TPSA) is 22.0 Å². The number of rotatable bonds is 3. The molecule has 0 bridgehead atoms. The highest BCUT2D eigenvalue weighted by Crippen LogP contribution is 2.23. The molecule has 1 aromatic heterocycles. The van der Waals surface area contributed by atoms with Gasteiger partial charge < -0.3 is 4.57 Å². The number of benzene rings is 2. The van der Waals surface area contributed by atoms with Crippen molar-refractivity contribution in [3.05, 3.63) is 70.6 Å². The van der Waals surface area contributed by atoms with E-state index in [1.165, 1.54) is 12.1 Å². The van der Waals surface area contributed by atoms with Crippen molar-refractivity contribution in [1.29, 1.82) is 0 Å². The Bertz CT molecular complexity index is 794. The van der Waals surface area contributed by atoms with Gasteiger partial charge in [0, 0.05) is 28.7 Å². The lowest BCUT2D eigenvalue weighted by Crippen LogP contribution is -2.01. The summed E-state index contributed by atoms with van der Waals surface area (Å²) in [4.78, 5) is 11.1. The highest BCUT2D eigenvalue weighted by atomic mass is 35.5. The molecule has 0 aliphatic heterocycles. The standard InChI is InChI=1S/C16H11ClFNO/c17-15-5-4-14(18)8-13(15)9-19-7-6-11-2-1-3-12(10-20)16(11)19/h1-8,10H,9H2. The van der Waals surface area contributed by atoms with Crippen molar-refractivity contribution < 1.29 is 9.18 Å². The molecule has 0 N–H and O–H groups in total. The first-order valence-corrected chi connectivity index (χ1v) is 6.54. The Morgan fingerprint density at radius 1 is 1.20 bits per heavy atom. The zero-order valence-corrected chi connectivity index (χ0v) is 11.3. The summed E-state index contributed by atoms with van der Waals surface area (Å²) in [6, 6.07) is 11.7. The predicted octanol–water partition coefficient (Wildman–Crippen LogP) is 4.29. The highest BCUT2D eigenvalue weighted by Gasteiger charge is 2.09. The van der Waals surface area contributed by atoms with E-state index in [1.807, 2.05) is 29.0 Å². The van der Waals surface area contributed by atoms with E-state index in [2.05, 4.69) is 0 Å². The summed E-state index contributed by atoms with van der Waals surface area (Å²) in [6.07, 6.45) is 2.70. The molecule has 0 saturated heterocycles. The van der Waals surface area contributed by atoms with E-state index in [-0.39, 0.29) is 5.82 Å². The number of para-hydroxylation sites is 1. The Morgan fingerprint density at radius 2 is 2.05 bits per heavy atom. The third-order valence-electron chi connectivity index (χ3n) is 3.30. The Morgan fingerprint density at radius 3 is 2.85 bits per heavy atom. The Labute approximate surface area is 120 Å². The number of fused-ring (bicyclic) bond motifs is 1. The minimum atomic E-state index is -0.323. The molecule has 2 aromatic carbocycles. The summed E-state index contributed by atoms with van der Waals surface area (Å²) in [6.45, 7) is 0.422. The molecule has 3 rings (SSSR count). The smallest absolute Gasteiger partial charge is 0.152 e. The fourth-order valence-corrected chi connectivity index (χ4v) is 2.54. The van der Waals surface area contributed by atoms with Crippen LogP contribution in [0, 0.1) is 5.82 Å². The van der Waals surface area contributed by atoms with Gasteiger partial charge in [0.25, 0.3) is 0 Å². The van der Waals surface area contributed by atoms with E-state index >= 15 is 0 Å². The zero-order valence-electron chi connectivity index (χ0n) is 10.5. The molecular weight excluding hydrogens is 277 g/mol. The van der Waals surface area contributed by atoms with Gasteiger partial charge in [0.15, 0.2) is 6.29 Å². The average Bonchev–Trinajstić information content (AvgIpc) is 2.86. The van der Waals surface area contributed by atoms with Crippen molar-refractivity contribution in [3.8, 4) is 0 Å². The zero-order chi connectivity index (χ0) is 14.1. The van der Waals surface area contributed by atoms with Gasteiger partial charge in [-0.2, -0.15) is 0 Å². The van der Waals surface area contributed by atoms with Crippen molar-refractivity contribution >= 4 is 28.8 Å². The van der Waals surface area contributed by atoms with Gasteiger partial charge in [-0.1, -0.05) is 23.7 Å². The largest absolute Gasteiger partial charge is 0.342 e. The summed E-state index contributed by atoms with van der Waals surface area (Å²) in [5.41, 5.74) is 2.13. The molecule has 0 aliphatic carbocycles. The van der Waals surface area contributed by atoms with Crippen molar-refractivity contribution in [3.63, 3.8) is 0 Å². The molecule has 100 valence electrons. The molecule has 3 aromatic rings. The molecule has 2 nitrogen and oxygen atoms in total. The van der Waals surface area contributed by atoms with Crippen molar-refractivity contribution in [2.24, 2.45) is 0 Å². The lowest BCUT2D eigenvalue weighted by Gasteiger charge is -2.09. The third-order valence-corrected chi connectivity index (χ3v) is 3.66. The molecule has 0 saturated carbocycles. The fourth-order valence-electron chi connectivity index (χ4n) is 2.37. The molecule has 0 radical (unpaired) electrons. The number of halogens is 2. The number of hydrogen-bond donors (Lipinski definition) is 0. The van der Waals surface area contributed by atoms with Crippen molar-refractivity contribution in [2.75, 3.05) is 0 Å². The van der Waals surface area contributed by atoms with Gasteiger partial charge in [-0.25, -0.2) is 4.39 Å². The fraction of sp³-hybridized carbons (Fsp3) is 0.0625. The van der Waals surface area contributed by atoms with Crippen LogP contribution in [0.15, 0.2) is 48.7 Å². The number of aldehydes is 1. The maximum atomic E-state index is 13.3. The molecule has 4 heteroatoms. The highest BCUT2D eigenvalue weighted by molar-refractivity contribution is 6.31. The van der Waals surface area contributed by atoms with Crippen LogP contribution in [0.3, 0.4) is 0 Å². The monoisotopic (exact) mass is 287 g/mol. The molecule has 0 amide bonds. The van der Waals surface area contributed by atoms with Crippen LogP contribution < -0.4 is 0 Å². The SMILES string of the molecule is O=Cc1cccc2ccn(Cc3cc(F)ccc3Cl)c12. The molecule has 1 heterocycles. The molecule has 20 heavy (non-hydrogen) atoms. The van der Waals surface area contributed by atoms with E-state index in [1.54, 1.807) is 12.1 Å². The second-order valence-corrected chi connectivity index (χ2v) is 4.99. The minimum absolute atomic E-state index is 0.323. The Balaban J connectivity index is 2.11. The molecular formula is C16H11ClFNO. The van der Waals surface area contributed by atoms with E-state index in [0.717, 1.165) is 17.2 Å². The first-order chi connectivity index (χ1) is 9.69. The maximum Gasteiger partial charge on any atom is 0.152 e. The van der Waals surface area contributed by atoms with Crippen molar-refractivity contribution in [2.45, 2.75) is 6.54 Å². The van der Waals surface area contributed by atoms with Gasteiger partial charge >= 0.3 is 0 Å². The van der Waals surface area contributed by atoms with E-state index in [4.69, 9.17) is 11.6 Å². The Hall–Kier alpha value is -2.13. The van der Waals surface area contributed by atoms with E-state index in [0.29, 0.717) is 22.7 Å². The summed E-state index contributed by atoms with van der Waals surface area (Å²) in [5.74, 6) is -0.323. The molecule has 0 aliphatic rings. The van der Waals surface area contributed by atoms with Gasteiger partial charge in [0.05, 0.1) is 5.52 Å². The second kappa shape index (κ2) is 5.10. The Kier molecular flexibility index (Phi) is 3.28. The van der Waals surface area contributed by atoms with Crippen LogP contribution in [0.4, 0.5) is 4.39 Å². The van der Waals surface area contributed by atoms with Gasteiger partial charge in [0.1, 0.15) is 5.82 Å². The summed E-state index contributed by atoms with van der Waals surface area (Å²) < 4.78 is 15.2. The third kappa shape index (κ3) is 2.21. The van der Waals surface area contributed by atoms with Crippen LogP contribution in [0.25, 0.3) is 10.9 Å². The lowest BCUT2D eigenvalue weighted by molar-refractivity contribution is 0.112. The first-order valence-electron chi connectivity index (χ1n) is 6.16. The molecule has 0 atom stereocenters. The van der Waals surface area contributed by atoms with Crippen molar-refractivity contribution in [1.82, 2.24) is 4.57 Å². The number of carbonyl (C=O) groups is 1. The van der Waals surface area contributed by atoms with Gasteiger partial charge in [-0.3, -0.25) is 4.79 Å². The second-order valence-electron chi connectivity index (χ2n) is 4.58. The molecule has 0 fully saturated rings. The van der Waals surface area contributed by atoms with Crippen LogP contribution in [-0.4, -0.2) is 10.9 Å². The average molecular weight is 288 g/mol. The normalized spacial score (nSPS) is 10.9. The quantitative estimate of drug-likeness (QED) is 0.659. The number of hydrogen-bond acceptors (Lipinski definition) is 1. The minimum Gasteiger partial charge on any atom is -0.342 e. The summed E-state index contributed by atoms with van der Waals surface area (Å²) >= 11 is 6.09. The molecule has 0 spiro atoms. The van der Waals surface area contributed by atoms with E-state index < -0.39 is 0 Å². The van der Waals surface area contributed by atoms with Crippen LogP contribution in [-0.2, 0) is 6.54 Å². The maximum absolute atomic E-state index is 13.3. The number of carbonyl (C=O) groups excluding carboxylic acids is 1. The summed E-state index contributed by atoms with van der Waals surface area (Å²) in [5, 5.41) is 1.49. The van der Waals surface area contributed by atoms with Crippen LogP contribution >= 0.6 is 11.6 Å². The van der Waals surface area contributed by atoms with Gasteiger partial charge in [-0.15, -0.1) is 0 Å². The first kappa shape index (κ1) is 12.9. The number of nitrogens with zero attached hydrogens (tertiary/aromatic N) is 1. The predicted molar refractivity (Wildman–Crippen MR) is 77.8 cm³/mol. The van der Waals surface area contributed by atoms with Crippen LogP contribution in [0.5, 0.6) is 0 Å². The van der Waals surface area contributed by atoms with Crippen LogP contribution in [0.1, 0.15) is 15.9 Å². The lowest BCUT2D eigenvalue weighted by atomic mass is 10.1.